The molecule has 0 fully saturated rings. The van der Waals surface area contributed by atoms with Gasteiger partial charge in [0.05, 0.1) is 18.3 Å². The van der Waals surface area contributed by atoms with Gasteiger partial charge in [0.1, 0.15) is 16.8 Å². The predicted molar refractivity (Wildman–Crippen MR) is 168 cm³/mol. The Morgan fingerprint density at radius 1 is 0.762 bits per heavy atom. The van der Waals surface area contributed by atoms with E-state index < -0.39 is 35.2 Å². The molecular weight excluding hydrogens is 674 g/mol. The van der Waals surface area contributed by atoms with Crippen molar-refractivity contribution in [3.05, 3.63) is 62.7 Å². The fourth-order valence-electron chi connectivity index (χ4n) is 3.14. The summed E-state index contributed by atoms with van der Waals surface area (Å²) < 4.78 is 22.4. The van der Waals surface area contributed by atoms with Crippen molar-refractivity contribution < 1.29 is 33.3 Å². The molecule has 0 amide bonds. The summed E-state index contributed by atoms with van der Waals surface area (Å²) in [5.74, 6) is 0. The topological polar surface area (TPSA) is 118 Å². The van der Waals surface area contributed by atoms with E-state index in [2.05, 4.69) is 58.8 Å². The lowest BCUT2D eigenvalue weighted by Gasteiger charge is -2.20. The Balaban J connectivity index is 0.000000227. The molecule has 0 saturated carbocycles. The highest BCUT2D eigenvalue weighted by atomic mass is 79.9. The Bertz CT molecular complexity index is 1420. The largest absolute Gasteiger partial charge is 0.519 e. The lowest BCUT2D eigenvalue weighted by Crippen LogP contribution is -2.29. The Hall–Kier alpha value is -3.25. The van der Waals surface area contributed by atoms with E-state index in [0.29, 0.717) is 0 Å². The first-order valence-corrected chi connectivity index (χ1v) is 14.6. The van der Waals surface area contributed by atoms with Crippen LogP contribution in [0.5, 0.6) is 0 Å². The van der Waals surface area contributed by atoms with Gasteiger partial charge in [0.2, 0.25) is 0 Å². The summed E-state index contributed by atoms with van der Waals surface area (Å²) in [6.07, 6.45) is 0.979. The fraction of sp³-hybridized carbons (Fsp3) is 0.433. The molecular formula is C30H37Br2N3O7. The van der Waals surface area contributed by atoms with Crippen molar-refractivity contribution >= 4 is 67.4 Å². The molecule has 42 heavy (non-hydrogen) atoms. The van der Waals surface area contributed by atoms with Crippen LogP contribution in [0.2, 0.25) is 0 Å². The Labute approximate surface area is 263 Å². The van der Waals surface area contributed by atoms with E-state index >= 15 is 0 Å². The standard InChI is InChI=1S/C12H13BrN2O2.C10H18O5.C8H6BrN/c1-12(2,3)17-11(16)15-10-5-4-9(13)6-8(10)7-14-15;1-9(2,3)14-7(11)13-8(12)15-10(4,5)6;9-8-2-1-6-4-10-5-7(6)3-8/h4-7H,1-3H3;1-6H3;1-3,5H,4H2. The number of halogens is 2. The number of rotatable bonds is 0. The lowest BCUT2D eigenvalue weighted by atomic mass is 10.1. The highest BCUT2D eigenvalue weighted by Crippen LogP contribution is 2.21. The number of aliphatic imine (C=N–C) groups is 1. The van der Waals surface area contributed by atoms with Crippen molar-refractivity contribution in [2.75, 3.05) is 0 Å². The molecule has 3 aromatic rings. The van der Waals surface area contributed by atoms with Crippen LogP contribution in [0.15, 0.2) is 56.5 Å². The molecule has 1 aliphatic rings. The first-order chi connectivity index (χ1) is 19.2. The van der Waals surface area contributed by atoms with Crippen LogP contribution in [-0.2, 0) is 25.5 Å². The van der Waals surface area contributed by atoms with Gasteiger partial charge in [0, 0.05) is 20.5 Å². The summed E-state index contributed by atoms with van der Waals surface area (Å²) in [6.45, 7) is 16.3. The second-order valence-electron chi connectivity index (χ2n) is 12.1. The number of nitrogens with zero attached hydrogens (tertiary/aromatic N) is 3. The molecule has 1 aliphatic heterocycles. The predicted octanol–water partition coefficient (Wildman–Crippen LogP) is 8.84. The summed E-state index contributed by atoms with van der Waals surface area (Å²) >= 11 is 6.78. The molecule has 2 aromatic carbocycles. The molecule has 2 heterocycles. The van der Waals surface area contributed by atoms with Gasteiger partial charge in [-0.1, -0.05) is 37.9 Å². The summed E-state index contributed by atoms with van der Waals surface area (Å²) in [5, 5.41) is 4.94. The maximum Gasteiger partial charge on any atom is 0.519 e. The minimum absolute atomic E-state index is 0.463. The van der Waals surface area contributed by atoms with Crippen molar-refractivity contribution in [1.29, 1.82) is 0 Å². The quantitative estimate of drug-likeness (QED) is 0.129. The molecule has 0 atom stereocenters. The molecule has 0 aliphatic carbocycles. The number of benzene rings is 2. The van der Waals surface area contributed by atoms with Gasteiger partial charge in [-0.05, 0) is 104 Å². The SMILES string of the molecule is Brc1ccc2c(c1)C=NC2.CC(C)(C)OC(=O)OC(=O)OC(C)(C)C.CC(C)(C)OC(=O)n1ncc2cc(Br)ccc21. The number of hydrogen-bond donors (Lipinski definition) is 0. The smallest absolute Gasteiger partial charge is 0.442 e. The third-order valence-corrected chi connectivity index (χ3v) is 5.63. The number of carbonyl (C=O) groups excluding carboxylic acids is 3. The monoisotopic (exact) mass is 709 g/mol. The maximum atomic E-state index is 11.9. The van der Waals surface area contributed by atoms with E-state index in [0.717, 1.165) is 26.4 Å². The van der Waals surface area contributed by atoms with Crippen LogP contribution in [-0.4, -0.2) is 51.2 Å². The highest BCUT2D eigenvalue weighted by Gasteiger charge is 2.24. The van der Waals surface area contributed by atoms with Gasteiger partial charge in [-0.15, -0.1) is 0 Å². The van der Waals surface area contributed by atoms with Crippen LogP contribution in [0.3, 0.4) is 0 Å². The molecule has 0 saturated heterocycles. The number of ether oxygens (including phenoxy) is 4. The van der Waals surface area contributed by atoms with Crippen molar-refractivity contribution in [2.24, 2.45) is 4.99 Å². The van der Waals surface area contributed by atoms with E-state index in [1.54, 1.807) is 47.7 Å². The van der Waals surface area contributed by atoms with Crippen LogP contribution in [0, 0.1) is 0 Å². The molecule has 12 heteroatoms. The van der Waals surface area contributed by atoms with Gasteiger partial charge in [-0.3, -0.25) is 4.99 Å². The zero-order valence-corrected chi connectivity index (χ0v) is 28.5. The van der Waals surface area contributed by atoms with Crippen molar-refractivity contribution in [3.63, 3.8) is 0 Å². The summed E-state index contributed by atoms with van der Waals surface area (Å²) in [5.41, 5.74) is 1.39. The minimum Gasteiger partial charge on any atom is -0.442 e. The Morgan fingerprint density at radius 2 is 1.29 bits per heavy atom. The minimum atomic E-state index is -1.06. The van der Waals surface area contributed by atoms with Crippen LogP contribution < -0.4 is 0 Å². The first-order valence-electron chi connectivity index (χ1n) is 13.0. The Kier molecular flexibility index (Phi) is 11.9. The van der Waals surface area contributed by atoms with Crippen LogP contribution >= 0.6 is 31.9 Å². The van der Waals surface area contributed by atoms with Gasteiger partial charge in [0.15, 0.2) is 0 Å². The van der Waals surface area contributed by atoms with E-state index in [1.807, 2.05) is 51.3 Å². The normalized spacial score (nSPS) is 12.3. The first kappa shape index (κ1) is 34.9. The second kappa shape index (κ2) is 14.3. The van der Waals surface area contributed by atoms with Gasteiger partial charge in [0.25, 0.3) is 0 Å². The molecule has 0 radical (unpaired) electrons. The van der Waals surface area contributed by atoms with Crippen molar-refractivity contribution in [2.45, 2.75) is 85.7 Å². The summed E-state index contributed by atoms with van der Waals surface area (Å²) in [6, 6.07) is 11.8. The highest BCUT2D eigenvalue weighted by molar-refractivity contribution is 9.10. The maximum absolute atomic E-state index is 11.9. The Morgan fingerprint density at radius 3 is 1.83 bits per heavy atom. The van der Waals surface area contributed by atoms with Gasteiger partial charge in [-0.25, -0.2) is 14.4 Å². The molecule has 0 bridgehead atoms. The molecule has 0 spiro atoms. The number of fused-ring (bicyclic) bond motifs is 2. The second-order valence-corrected chi connectivity index (χ2v) is 13.9. The summed E-state index contributed by atoms with van der Waals surface area (Å²) in [7, 11) is 0. The zero-order valence-electron chi connectivity index (χ0n) is 25.3. The summed E-state index contributed by atoms with van der Waals surface area (Å²) in [4.78, 5) is 38.1. The fourth-order valence-corrected chi connectivity index (χ4v) is 3.89. The van der Waals surface area contributed by atoms with Crippen LogP contribution in [0.1, 0.15) is 73.4 Å². The van der Waals surface area contributed by atoms with E-state index in [1.165, 1.54) is 15.8 Å². The van der Waals surface area contributed by atoms with Crippen molar-refractivity contribution in [1.82, 2.24) is 9.78 Å². The third kappa shape index (κ3) is 12.7. The molecule has 10 nitrogen and oxygen atoms in total. The molecule has 1 aromatic heterocycles. The zero-order chi connectivity index (χ0) is 31.9. The third-order valence-electron chi connectivity index (χ3n) is 4.64. The van der Waals surface area contributed by atoms with E-state index in [-0.39, 0.29) is 0 Å². The van der Waals surface area contributed by atoms with Gasteiger partial charge in [-0.2, -0.15) is 9.78 Å². The van der Waals surface area contributed by atoms with E-state index in [9.17, 15) is 14.4 Å². The van der Waals surface area contributed by atoms with Crippen LogP contribution in [0.4, 0.5) is 14.4 Å². The lowest BCUT2D eigenvalue weighted by molar-refractivity contribution is -0.0294. The molecule has 4 rings (SSSR count). The average molecular weight is 711 g/mol. The average Bonchev–Trinajstić information content (AvgIpc) is 3.42. The molecule has 0 unspecified atom stereocenters. The number of carbonyl (C=O) groups is 3. The van der Waals surface area contributed by atoms with Crippen molar-refractivity contribution in [3.8, 4) is 0 Å². The molecule has 228 valence electrons. The van der Waals surface area contributed by atoms with Gasteiger partial charge >= 0.3 is 18.4 Å². The van der Waals surface area contributed by atoms with E-state index in [4.69, 9.17) is 14.2 Å². The molecule has 0 N–H and O–H groups in total. The van der Waals surface area contributed by atoms with Gasteiger partial charge < -0.3 is 18.9 Å². The number of aromatic nitrogens is 2. The number of hydrogen-bond acceptors (Lipinski definition) is 9. The van der Waals surface area contributed by atoms with Crippen LogP contribution in [0.25, 0.3) is 10.9 Å².